The fourth-order valence-corrected chi connectivity index (χ4v) is 2.19. The lowest BCUT2D eigenvalue weighted by molar-refractivity contribution is -0.108. The van der Waals surface area contributed by atoms with Gasteiger partial charge in [0.15, 0.2) is 5.82 Å². The second-order valence-corrected chi connectivity index (χ2v) is 5.97. The molecule has 0 saturated carbocycles. The van der Waals surface area contributed by atoms with Crippen LogP contribution in [0.3, 0.4) is 0 Å². The van der Waals surface area contributed by atoms with Gasteiger partial charge in [0.05, 0.1) is 15.1 Å². The average Bonchev–Trinajstić information content (AvgIpc) is 3.09. The highest BCUT2D eigenvalue weighted by Crippen LogP contribution is 2.24. The van der Waals surface area contributed by atoms with Gasteiger partial charge in [0, 0.05) is 11.4 Å². The first kappa shape index (κ1) is 29.6. The number of amides is 2. The number of carbonyl (C=O) groups excluding carboxylic acids is 2. The highest BCUT2D eigenvalue weighted by molar-refractivity contribution is 9.10. The maximum absolute atomic E-state index is 11.9. The number of aryl methyl sites for hydroxylation is 1. The largest absolute Gasteiger partial charge is 0.329 e. The first-order chi connectivity index (χ1) is 14.4. The van der Waals surface area contributed by atoms with Gasteiger partial charge in [-0.1, -0.05) is 70.7 Å². The fourth-order valence-electron chi connectivity index (χ4n) is 1.69. The minimum Gasteiger partial charge on any atom is -0.329 e. The molecule has 1 heterocycles. The Balaban J connectivity index is 0. The van der Waals surface area contributed by atoms with E-state index in [9.17, 15) is 9.59 Å². The number of nitrogens with one attached hydrogen (secondary N) is 3. The summed E-state index contributed by atoms with van der Waals surface area (Å²) >= 11 is 9.26. The number of H-pyrrole nitrogens is 1. The first-order valence-corrected chi connectivity index (χ1v) is 10.5. The third-order valence-corrected chi connectivity index (χ3v) is 4.27. The predicted molar refractivity (Wildman–Crippen MR) is 131 cm³/mol. The zero-order valence-electron chi connectivity index (χ0n) is 18.1. The third kappa shape index (κ3) is 10.8. The lowest BCUT2D eigenvalue weighted by atomic mass is 10.2. The summed E-state index contributed by atoms with van der Waals surface area (Å²) in [6.07, 6.45) is 5.36. The molecule has 0 radical (unpaired) electrons. The Morgan fingerprint density at radius 2 is 1.80 bits per heavy atom. The summed E-state index contributed by atoms with van der Waals surface area (Å²) in [5, 5.41) is 12.2. The zero-order chi connectivity index (χ0) is 23.5. The van der Waals surface area contributed by atoms with Crippen molar-refractivity contribution in [1.82, 2.24) is 15.5 Å². The molecule has 8 heteroatoms. The molecule has 1 aromatic carbocycles. The highest BCUT2D eigenvalue weighted by atomic mass is 79.9. The second-order valence-electron chi connectivity index (χ2n) is 4.77. The average molecular weight is 498 g/mol. The molecule has 1 aromatic heterocycles. The smallest absolute Gasteiger partial charge is 0.258 e. The Morgan fingerprint density at radius 1 is 1.20 bits per heavy atom. The molecule has 0 bridgehead atoms. The number of hydrogen-bond donors (Lipinski definition) is 3. The monoisotopic (exact) mass is 496 g/mol. The number of hydrogen-bond acceptors (Lipinski definition) is 3. The summed E-state index contributed by atoms with van der Waals surface area (Å²) in [5.41, 5.74) is 1.92. The zero-order valence-corrected chi connectivity index (χ0v) is 20.4. The van der Waals surface area contributed by atoms with E-state index in [2.05, 4.69) is 49.9 Å². The fraction of sp³-hybridized carbons (Fsp3) is 0.227. The van der Waals surface area contributed by atoms with Crippen LogP contribution in [0.15, 0.2) is 65.8 Å². The van der Waals surface area contributed by atoms with Gasteiger partial charge in [-0.25, -0.2) is 0 Å². The molecule has 0 saturated heterocycles. The number of aromatic nitrogens is 2. The minimum atomic E-state index is -0.289. The normalized spacial score (nSPS) is 9.23. The van der Waals surface area contributed by atoms with Crippen LogP contribution in [-0.2, 0) is 4.79 Å². The van der Waals surface area contributed by atoms with Gasteiger partial charge < -0.3 is 10.6 Å². The van der Waals surface area contributed by atoms with Gasteiger partial charge in [0.25, 0.3) is 5.91 Å². The number of halogens is 2. The Hall–Kier alpha value is -2.64. The third-order valence-electron chi connectivity index (χ3n) is 2.97. The van der Waals surface area contributed by atoms with E-state index in [1.165, 1.54) is 6.08 Å². The number of aromatic amines is 1. The molecule has 0 aliphatic carbocycles. The highest BCUT2D eigenvalue weighted by Gasteiger charge is 2.14. The number of benzene rings is 1. The predicted octanol–water partition coefficient (Wildman–Crippen LogP) is 6.43. The number of carbonyl (C=O) groups is 2. The van der Waals surface area contributed by atoms with Crippen molar-refractivity contribution in [3.63, 3.8) is 0 Å². The van der Waals surface area contributed by atoms with Crippen LogP contribution < -0.4 is 10.6 Å². The molecule has 0 atom stereocenters. The van der Waals surface area contributed by atoms with Crippen LogP contribution in [0.1, 0.15) is 43.7 Å². The van der Waals surface area contributed by atoms with Crippen LogP contribution in [0, 0.1) is 6.92 Å². The summed E-state index contributed by atoms with van der Waals surface area (Å²) in [7, 11) is 0. The van der Waals surface area contributed by atoms with Crippen molar-refractivity contribution in [2.75, 3.05) is 5.32 Å². The van der Waals surface area contributed by atoms with Crippen molar-refractivity contribution in [2.45, 2.75) is 34.6 Å². The second kappa shape index (κ2) is 18.4. The Bertz CT molecular complexity index is 832. The summed E-state index contributed by atoms with van der Waals surface area (Å²) in [4.78, 5) is 21.7. The van der Waals surface area contributed by atoms with Gasteiger partial charge in [-0.15, -0.1) is 0 Å². The molecule has 0 spiro atoms. The van der Waals surface area contributed by atoms with Gasteiger partial charge in [-0.2, -0.15) is 5.10 Å². The Morgan fingerprint density at radius 3 is 2.23 bits per heavy atom. The maximum atomic E-state index is 11.9. The topological polar surface area (TPSA) is 86.9 Å². The SMILES string of the molecule is C=C/C=C(\C=C)NC=O.CC.CC.Cc1[nH]nc(NC(=O)c2ccccc2Cl)c1Br. The van der Waals surface area contributed by atoms with Gasteiger partial charge in [0.1, 0.15) is 0 Å². The van der Waals surface area contributed by atoms with Crippen LogP contribution in [0.25, 0.3) is 0 Å². The molecule has 2 rings (SSSR count). The Kier molecular flexibility index (Phi) is 18.1. The minimum absolute atomic E-state index is 0.289. The lowest BCUT2D eigenvalue weighted by Gasteiger charge is -2.04. The molecule has 3 N–H and O–H groups in total. The molecule has 6 nitrogen and oxygen atoms in total. The molecule has 0 unspecified atom stereocenters. The molecule has 0 aliphatic rings. The summed E-state index contributed by atoms with van der Waals surface area (Å²) in [6, 6.07) is 6.85. The van der Waals surface area contributed by atoms with Crippen LogP contribution in [0.4, 0.5) is 5.82 Å². The van der Waals surface area contributed by atoms with Gasteiger partial charge in [-0.3, -0.25) is 14.7 Å². The van der Waals surface area contributed by atoms with E-state index in [1.54, 1.807) is 36.4 Å². The number of allylic oxidation sites excluding steroid dienone is 3. The standard InChI is InChI=1S/C11H9BrClN3O.C7H9NO.2C2H6/c1-6-9(12)10(16-15-6)14-11(17)7-4-2-3-5-8(7)13;1-3-5-7(4-2)8-6-9;2*1-2/h2-5H,1H3,(H2,14,15,16,17);3-6H,1-2H2,(H,8,9);2*1-2H3/b;7-5+;;. The van der Waals surface area contributed by atoms with Crippen LogP contribution in [0.5, 0.6) is 0 Å². The molecule has 2 amide bonds. The molecule has 2 aromatic rings. The number of anilines is 1. The van der Waals surface area contributed by atoms with E-state index in [0.29, 0.717) is 28.5 Å². The van der Waals surface area contributed by atoms with E-state index >= 15 is 0 Å². The number of nitrogens with zero attached hydrogens (tertiary/aromatic N) is 1. The van der Waals surface area contributed by atoms with Crippen molar-refractivity contribution in [2.24, 2.45) is 0 Å². The van der Waals surface area contributed by atoms with Gasteiger partial charge in [-0.05, 0) is 47.1 Å². The summed E-state index contributed by atoms with van der Waals surface area (Å²) in [5.74, 6) is 0.162. The lowest BCUT2D eigenvalue weighted by Crippen LogP contribution is -2.13. The Labute approximate surface area is 192 Å². The van der Waals surface area contributed by atoms with E-state index in [4.69, 9.17) is 11.6 Å². The van der Waals surface area contributed by atoms with Crippen molar-refractivity contribution in [3.8, 4) is 0 Å². The van der Waals surface area contributed by atoms with Crippen molar-refractivity contribution < 1.29 is 9.59 Å². The molecular weight excluding hydrogens is 468 g/mol. The molecule has 0 aliphatic heterocycles. The molecule has 0 fully saturated rings. The molecule has 30 heavy (non-hydrogen) atoms. The molecule has 164 valence electrons. The van der Waals surface area contributed by atoms with E-state index < -0.39 is 0 Å². The summed E-state index contributed by atoms with van der Waals surface area (Å²) < 4.78 is 0.734. The quantitative estimate of drug-likeness (QED) is 0.317. The first-order valence-electron chi connectivity index (χ1n) is 9.36. The summed E-state index contributed by atoms with van der Waals surface area (Å²) in [6.45, 7) is 16.8. The van der Waals surface area contributed by atoms with Crippen molar-refractivity contribution in [1.29, 1.82) is 0 Å². The van der Waals surface area contributed by atoms with Crippen LogP contribution >= 0.6 is 27.5 Å². The van der Waals surface area contributed by atoms with E-state index in [1.807, 2.05) is 34.6 Å². The van der Waals surface area contributed by atoms with Gasteiger partial charge in [0.2, 0.25) is 6.41 Å². The van der Waals surface area contributed by atoms with Crippen LogP contribution in [0.2, 0.25) is 5.02 Å². The van der Waals surface area contributed by atoms with Crippen molar-refractivity contribution >= 4 is 45.7 Å². The van der Waals surface area contributed by atoms with E-state index in [0.717, 1.165) is 10.2 Å². The van der Waals surface area contributed by atoms with Crippen molar-refractivity contribution in [3.05, 3.63) is 82.1 Å². The molecular formula is C22H30BrClN4O2. The van der Waals surface area contributed by atoms with Crippen LogP contribution in [-0.4, -0.2) is 22.5 Å². The number of rotatable bonds is 6. The van der Waals surface area contributed by atoms with E-state index in [-0.39, 0.29) is 5.91 Å². The van der Waals surface area contributed by atoms with Gasteiger partial charge >= 0.3 is 0 Å². The maximum Gasteiger partial charge on any atom is 0.258 e.